The van der Waals surface area contributed by atoms with Crippen LogP contribution in [0.1, 0.15) is 37.8 Å². The summed E-state index contributed by atoms with van der Waals surface area (Å²) in [6.45, 7) is 8.59. The maximum Gasteiger partial charge on any atom is 0.243 e. The Hall–Kier alpha value is -1.44. The van der Waals surface area contributed by atoms with Gasteiger partial charge in [0.2, 0.25) is 15.9 Å². The number of rotatable bonds is 4. The molecule has 4 rings (SSSR count). The number of aryl methyl sites for hydroxylation is 2. The van der Waals surface area contributed by atoms with Crippen LogP contribution in [-0.4, -0.2) is 74.2 Å². The van der Waals surface area contributed by atoms with Crippen molar-refractivity contribution in [2.75, 3.05) is 45.8 Å². The second-order valence-electron chi connectivity index (χ2n) is 9.21. The molecule has 1 amide bonds. The van der Waals surface area contributed by atoms with Gasteiger partial charge in [0.05, 0.1) is 11.4 Å². The number of piperidine rings is 1. The first-order chi connectivity index (χ1) is 13.8. The Kier molecular flexibility index (Phi) is 6.00. The molecule has 6 nitrogen and oxygen atoms in total. The molecule has 3 aliphatic rings. The maximum absolute atomic E-state index is 13.1. The lowest BCUT2D eigenvalue weighted by atomic mass is 9.92. The van der Waals surface area contributed by atoms with Gasteiger partial charge >= 0.3 is 0 Å². The van der Waals surface area contributed by atoms with Crippen LogP contribution in [0.25, 0.3) is 0 Å². The van der Waals surface area contributed by atoms with Gasteiger partial charge in [-0.3, -0.25) is 9.69 Å². The van der Waals surface area contributed by atoms with Crippen LogP contribution in [-0.2, 0) is 27.7 Å². The lowest BCUT2D eigenvalue weighted by Crippen LogP contribution is -2.53. The zero-order valence-electron chi connectivity index (χ0n) is 17.6. The molecule has 0 bridgehead atoms. The molecular weight excluding hydrogens is 386 g/mol. The molecule has 1 aromatic rings. The number of piperazine rings is 1. The summed E-state index contributed by atoms with van der Waals surface area (Å²) in [4.78, 5) is 17.2. The summed E-state index contributed by atoms with van der Waals surface area (Å²) in [6.07, 6.45) is 4.35. The Morgan fingerprint density at radius 3 is 2.34 bits per heavy atom. The average molecular weight is 420 g/mol. The Bertz CT molecular complexity index is 852. The van der Waals surface area contributed by atoms with E-state index in [9.17, 15) is 13.2 Å². The van der Waals surface area contributed by atoms with E-state index in [0.29, 0.717) is 49.5 Å². The highest BCUT2D eigenvalue weighted by Crippen LogP contribution is 2.27. The Morgan fingerprint density at radius 2 is 1.66 bits per heavy atom. The van der Waals surface area contributed by atoms with Crippen molar-refractivity contribution in [1.29, 1.82) is 0 Å². The van der Waals surface area contributed by atoms with E-state index < -0.39 is 10.0 Å². The van der Waals surface area contributed by atoms with Crippen molar-refractivity contribution in [3.63, 3.8) is 0 Å². The van der Waals surface area contributed by atoms with Crippen molar-refractivity contribution in [2.45, 2.75) is 44.4 Å². The van der Waals surface area contributed by atoms with Crippen molar-refractivity contribution in [2.24, 2.45) is 11.8 Å². The SMILES string of the molecule is C[C@H]1C[C@H](C)CN(CC(=O)N2CCN(S(=O)(=O)c3ccc4c(c3)CCC4)CC2)C1. The molecule has 0 spiro atoms. The van der Waals surface area contributed by atoms with Gasteiger partial charge in [0.25, 0.3) is 0 Å². The van der Waals surface area contributed by atoms with Crippen LogP contribution in [0, 0.1) is 11.8 Å². The predicted molar refractivity (Wildman–Crippen MR) is 113 cm³/mol. The van der Waals surface area contributed by atoms with Gasteiger partial charge in [-0.15, -0.1) is 0 Å². The van der Waals surface area contributed by atoms with Gasteiger partial charge in [-0.25, -0.2) is 8.42 Å². The smallest absolute Gasteiger partial charge is 0.243 e. The average Bonchev–Trinajstić information content (AvgIpc) is 3.15. The summed E-state index contributed by atoms with van der Waals surface area (Å²) in [7, 11) is -3.49. The van der Waals surface area contributed by atoms with E-state index in [1.165, 1.54) is 17.5 Å². The lowest BCUT2D eigenvalue weighted by Gasteiger charge is -2.38. The summed E-state index contributed by atoms with van der Waals surface area (Å²) in [5.41, 5.74) is 2.45. The molecule has 1 aliphatic carbocycles. The summed E-state index contributed by atoms with van der Waals surface area (Å²) >= 11 is 0. The third kappa shape index (κ3) is 4.52. The summed E-state index contributed by atoms with van der Waals surface area (Å²) in [5, 5.41) is 0. The number of carbonyl (C=O) groups excluding carboxylic acids is 1. The van der Waals surface area contributed by atoms with Crippen LogP contribution in [0.3, 0.4) is 0 Å². The third-order valence-electron chi connectivity index (χ3n) is 6.60. The van der Waals surface area contributed by atoms with E-state index in [4.69, 9.17) is 0 Å². The van der Waals surface area contributed by atoms with Crippen LogP contribution < -0.4 is 0 Å². The highest BCUT2D eigenvalue weighted by Gasteiger charge is 2.32. The Labute approximate surface area is 174 Å². The van der Waals surface area contributed by atoms with Crippen molar-refractivity contribution in [3.8, 4) is 0 Å². The first-order valence-corrected chi connectivity index (χ1v) is 12.4. The molecule has 0 N–H and O–H groups in total. The van der Waals surface area contributed by atoms with Crippen LogP contribution in [0.15, 0.2) is 23.1 Å². The monoisotopic (exact) mass is 419 g/mol. The lowest BCUT2D eigenvalue weighted by molar-refractivity contribution is -0.134. The minimum absolute atomic E-state index is 0.126. The largest absolute Gasteiger partial charge is 0.339 e. The van der Waals surface area contributed by atoms with Gasteiger partial charge in [0.1, 0.15) is 0 Å². The molecule has 160 valence electrons. The molecule has 2 heterocycles. The minimum Gasteiger partial charge on any atom is -0.339 e. The van der Waals surface area contributed by atoms with E-state index in [-0.39, 0.29) is 5.91 Å². The van der Waals surface area contributed by atoms with Crippen LogP contribution in [0.5, 0.6) is 0 Å². The van der Waals surface area contributed by atoms with E-state index >= 15 is 0 Å². The molecular formula is C22H33N3O3S. The Balaban J connectivity index is 1.34. The number of hydrogen-bond acceptors (Lipinski definition) is 4. The quantitative estimate of drug-likeness (QED) is 0.749. The molecule has 2 fully saturated rings. The van der Waals surface area contributed by atoms with Crippen molar-refractivity contribution >= 4 is 15.9 Å². The molecule has 1 aromatic carbocycles. The van der Waals surface area contributed by atoms with Crippen LogP contribution >= 0.6 is 0 Å². The zero-order valence-corrected chi connectivity index (χ0v) is 18.5. The van der Waals surface area contributed by atoms with Gasteiger partial charge in [0.15, 0.2) is 0 Å². The van der Waals surface area contributed by atoms with Gasteiger partial charge in [-0.2, -0.15) is 4.31 Å². The van der Waals surface area contributed by atoms with Gasteiger partial charge in [0, 0.05) is 39.3 Å². The van der Waals surface area contributed by atoms with Crippen LogP contribution in [0.2, 0.25) is 0 Å². The number of nitrogens with zero attached hydrogens (tertiary/aromatic N) is 3. The van der Waals surface area contributed by atoms with Crippen molar-refractivity contribution in [1.82, 2.24) is 14.1 Å². The number of sulfonamides is 1. The van der Waals surface area contributed by atoms with Gasteiger partial charge < -0.3 is 4.90 Å². The molecule has 2 aliphatic heterocycles. The normalized spacial score (nSPS) is 26.5. The number of amides is 1. The minimum atomic E-state index is -3.49. The zero-order chi connectivity index (χ0) is 20.6. The molecule has 0 aromatic heterocycles. The predicted octanol–water partition coefficient (Wildman–Crippen LogP) is 1.99. The molecule has 2 saturated heterocycles. The van der Waals surface area contributed by atoms with E-state index in [1.54, 1.807) is 10.4 Å². The molecule has 7 heteroatoms. The van der Waals surface area contributed by atoms with E-state index in [1.807, 2.05) is 17.0 Å². The molecule has 29 heavy (non-hydrogen) atoms. The highest BCUT2D eigenvalue weighted by atomic mass is 32.2. The fourth-order valence-electron chi connectivity index (χ4n) is 5.25. The van der Waals surface area contributed by atoms with Crippen molar-refractivity contribution < 1.29 is 13.2 Å². The third-order valence-corrected chi connectivity index (χ3v) is 8.50. The molecule has 2 atom stereocenters. The number of benzene rings is 1. The second kappa shape index (κ2) is 8.36. The molecule has 0 radical (unpaired) electrons. The fourth-order valence-corrected chi connectivity index (χ4v) is 6.72. The first-order valence-electron chi connectivity index (χ1n) is 10.9. The topological polar surface area (TPSA) is 60.9 Å². The number of likely N-dealkylation sites (tertiary alicyclic amines) is 1. The standard InChI is InChI=1S/C22H33N3O3S/c1-17-12-18(2)15-23(14-17)16-22(26)24-8-10-25(11-9-24)29(27,28)21-7-6-19-4-3-5-20(19)13-21/h6-7,13,17-18H,3-5,8-12,14-16H2,1-2H3/t17-,18-/m0/s1. The summed E-state index contributed by atoms with van der Waals surface area (Å²) in [6, 6.07) is 5.57. The van der Waals surface area contributed by atoms with E-state index in [0.717, 1.165) is 32.4 Å². The van der Waals surface area contributed by atoms with Crippen molar-refractivity contribution in [3.05, 3.63) is 29.3 Å². The number of hydrogen-bond donors (Lipinski definition) is 0. The Morgan fingerprint density at radius 1 is 1.00 bits per heavy atom. The maximum atomic E-state index is 13.1. The van der Waals surface area contributed by atoms with Gasteiger partial charge in [-0.05, 0) is 60.8 Å². The van der Waals surface area contributed by atoms with E-state index in [2.05, 4.69) is 18.7 Å². The van der Waals surface area contributed by atoms with Crippen LogP contribution in [0.4, 0.5) is 0 Å². The fraction of sp³-hybridized carbons (Fsp3) is 0.682. The highest BCUT2D eigenvalue weighted by molar-refractivity contribution is 7.89. The van der Waals surface area contributed by atoms with Gasteiger partial charge in [-0.1, -0.05) is 19.9 Å². The summed E-state index contributed by atoms with van der Waals surface area (Å²) in [5.74, 6) is 1.38. The first kappa shape index (κ1) is 20.8. The number of carbonyl (C=O) groups is 1. The second-order valence-corrected chi connectivity index (χ2v) is 11.1. The summed E-state index contributed by atoms with van der Waals surface area (Å²) < 4.78 is 27.7. The molecule has 0 unspecified atom stereocenters. The molecule has 0 saturated carbocycles. The number of fused-ring (bicyclic) bond motifs is 1.